The maximum Gasteiger partial charge on any atom is 0.251 e. The molecule has 67 heavy (non-hydrogen) atoms. The number of benzene rings is 4. The number of fused-ring (bicyclic) bond motifs is 6. The predicted molar refractivity (Wildman–Crippen MR) is 249 cm³/mol. The molecule has 8 atom stereocenters. The summed E-state index contributed by atoms with van der Waals surface area (Å²) in [5.41, 5.74) is 14.3. The summed E-state index contributed by atoms with van der Waals surface area (Å²) in [5.74, 6) is -5.03. The standard InChI is InChI=1S/C49H55ClN8O9/c1-25-44(62)56-38(46(64)54-26(2)48(66)58-24-32-23-34(32)42(58)43(52)61)21-27-7-17-39(59)35(20-27)36-22-31(14-18-40(36)60)41(47(65)53-25)57(3)49(67)37(6-4-5-19-51)55-45(63)30-10-8-28(9-11-30)29-12-15-33(50)16-13-29/h7-18,20,22,25-26,32,34,37-38,41-42,59-60H,4-6,19,21,23-24,51H2,1-3H3,(H2,52,61)(H,53,65)(H,54,64)(H,55,63)(H,56,62)/t25-,26-,32?,34+,37-,38-,41-,42-/m0/s1. The third kappa shape index (κ3) is 10.7. The summed E-state index contributed by atoms with van der Waals surface area (Å²) in [6.45, 7) is 3.54. The molecule has 3 aliphatic rings. The summed E-state index contributed by atoms with van der Waals surface area (Å²) in [4.78, 5) is 99.2. The molecule has 1 aliphatic carbocycles. The number of aromatic hydroxyl groups is 2. The van der Waals surface area contributed by atoms with Crippen molar-refractivity contribution in [1.29, 1.82) is 0 Å². The second kappa shape index (κ2) is 20.3. The second-order valence-electron chi connectivity index (χ2n) is 17.6. The number of hydrogen-bond acceptors (Lipinski definition) is 10. The number of nitrogens with zero attached hydrogens (tertiary/aromatic N) is 2. The van der Waals surface area contributed by atoms with Gasteiger partial charge in [-0.15, -0.1) is 0 Å². The third-order valence-electron chi connectivity index (χ3n) is 12.8. The Morgan fingerprint density at radius 2 is 1.51 bits per heavy atom. The number of rotatable bonds is 13. The van der Waals surface area contributed by atoms with Crippen molar-refractivity contribution in [2.45, 2.75) is 82.2 Å². The first-order chi connectivity index (χ1) is 31.9. The maximum absolute atomic E-state index is 14.6. The van der Waals surface area contributed by atoms with Gasteiger partial charge < -0.3 is 52.7 Å². The molecule has 7 amide bonds. The second-order valence-corrected chi connectivity index (χ2v) is 18.0. The van der Waals surface area contributed by atoms with Gasteiger partial charge in [0.2, 0.25) is 35.4 Å². The van der Waals surface area contributed by atoms with Crippen LogP contribution in [0, 0.1) is 11.8 Å². The number of hydrogen-bond donors (Lipinski definition) is 8. The van der Waals surface area contributed by atoms with Crippen LogP contribution in [0.3, 0.4) is 0 Å². The molecule has 1 unspecified atom stereocenters. The van der Waals surface area contributed by atoms with Crippen LogP contribution in [0.5, 0.6) is 11.5 Å². The SMILES string of the molecule is C[C@@H]1NC(=O)[C@@H](N(C)C(=O)[C@H](CCCCN)NC(=O)c2ccc(-c3ccc(Cl)cc3)cc2)c2ccc(O)c(c2)-c2cc(ccc2O)C[C@@H](C(=O)N[C@@H](C)C(=O)N2CC3C[C@H]3[C@H]2C(N)=O)NC1=O. The van der Waals surface area contributed by atoms with Gasteiger partial charge in [-0.2, -0.15) is 0 Å². The van der Waals surface area contributed by atoms with Crippen LogP contribution in [-0.2, 0) is 35.2 Å². The number of halogens is 1. The third-order valence-corrected chi connectivity index (χ3v) is 13.1. The molecule has 2 aliphatic heterocycles. The van der Waals surface area contributed by atoms with Crippen LogP contribution in [-0.4, -0.2) is 112 Å². The average Bonchev–Trinajstić information content (AvgIpc) is 3.96. The lowest BCUT2D eigenvalue weighted by atomic mass is 9.93. The Bertz CT molecular complexity index is 2570. The van der Waals surface area contributed by atoms with Crippen molar-refractivity contribution in [3.8, 4) is 33.8 Å². The first-order valence-corrected chi connectivity index (χ1v) is 22.6. The molecule has 4 aromatic rings. The number of carbonyl (C=O) groups excluding carboxylic acids is 7. The van der Waals surface area contributed by atoms with Crippen molar-refractivity contribution in [3.63, 3.8) is 0 Å². The van der Waals surface area contributed by atoms with E-state index in [0.717, 1.165) is 22.4 Å². The van der Waals surface area contributed by atoms with Crippen molar-refractivity contribution in [2.75, 3.05) is 20.1 Å². The number of likely N-dealkylation sites (N-methyl/N-ethyl adjacent to an activating group) is 1. The van der Waals surface area contributed by atoms with E-state index in [1.165, 1.54) is 62.2 Å². The minimum atomic E-state index is -1.46. The van der Waals surface area contributed by atoms with E-state index < -0.39 is 77.6 Å². The zero-order valence-electron chi connectivity index (χ0n) is 37.3. The number of nitrogens with two attached hydrogens (primary N) is 2. The van der Waals surface area contributed by atoms with E-state index in [0.29, 0.717) is 36.5 Å². The quantitative estimate of drug-likeness (QED) is 0.0909. The molecule has 0 aromatic heterocycles. The fourth-order valence-corrected chi connectivity index (χ4v) is 9.14. The lowest BCUT2D eigenvalue weighted by molar-refractivity contribution is -0.142. The summed E-state index contributed by atoms with van der Waals surface area (Å²) in [6.07, 6.45) is 1.82. The van der Waals surface area contributed by atoms with E-state index in [1.807, 2.05) is 12.1 Å². The summed E-state index contributed by atoms with van der Waals surface area (Å²) in [6, 6.07) is 15.6. The molecule has 10 N–H and O–H groups in total. The molecule has 1 saturated heterocycles. The molecule has 2 fully saturated rings. The van der Waals surface area contributed by atoms with Gasteiger partial charge in [0, 0.05) is 41.7 Å². The first kappa shape index (κ1) is 48.0. The Hall–Kier alpha value is -6.98. The smallest absolute Gasteiger partial charge is 0.251 e. The number of primary amides is 1. The number of unbranched alkanes of at least 4 members (excludes halogenated alkanes) is 1. The van der Waals surface area contributed by atoms with Crippen LogP contribution in [0.1, 0.15) is 67.1 Å². The number of nitrogens with one attached hydrogen (secondary N) is 4. The molecular formula is C49H55ClN8O9. The van der Waals surface area contributed by atoms with Gasteiger partial charge in [0.1, 0.15) is 47.8 Å². The molecule has 0 spiro atoms. The highest BCUT2D eigenvalue weighted by Gasteiger charge is 2.56. The molecule has 4 aromatic carbocycles. The highest BCUT2D eigenvalue weighted by atomic mass is 35.5. The zero-order valence-corrected chi connectivity index (χ0v) is 38.1. The summed E-state index contributed by atoms with van der Waals surface area (Å²) in [7, 11) is 1.38. The summed E-state index contributed by atoms with van der Waals surface area (Å²) >= 11 is 6.05. The van der Waals surface area contributed by atoms with Crippen molar-refractivity contribution < 1.29 is 43.8 Å². The van der Waals surface area contributed by atoms with Gasteiger partial charge >= 0.3 is 0 Å². The van der Waals surface area contributed by atoms with Crippen molar-refractivity contribution in [1.82, 2.24) is 31.1 Å². The van der Waals surface area contributed by atoms with Crippen molar-refractivity contribution in [2.24, 2.45) is 23.3 Å². The van der Waals surface area contributed by atoms with Crippen LogP contribution in [0.2, 0.25) is 5.02 Å². The first-order valence-electron chi connectivity index (χ1n) is 22.2. The highest BCUT2D eigenvalue weighted by Crippen LogP contribution is 2.49. The summed E-state index contributed by atoms with van der Waals surface area (Å²) < 4.78 is 0. The number of amides is 7. The Kier molecular flexibility index (Phi) is 14.5. The zero-order chi connectivity index (χ0) is 48.3. The van der Waals surface area contributed by atoms with E-state index in [9.17, 15) is 43.8 Å². The van der Waals surface area contributed by atoms with Gasteiger partial charge in [-0.25, -0.2) is 0 Å². The van der Waals surface area contributed by atoms with Gasteiger partial charge in [0.05, 0.1) is 0 Å². The molecule has 18 heteroatoms. The van der Waals surface area contributed by atoms with E-state index in [1.54, 1.807) is 36.4 Å². The fourth-order valence-electron chi connectivity index (χ4n) is 9.02. The van der Waals surface area contributed by atoms with E-state index in [4.69, 9.17) is 23.1 Å². The number of likely N-dealkylation sites (tertiary alicyclic amines) is 1. The maximum atomic E-state index is 14.6. The van der Waals surface area contributed by atoms with Crippen LogP contribution >= 0.6 is 11.6 Å². The number of piperidine rings is 1. The predicted octanol–water partition coefficient (Wildman–Crippen LogP) is 2.89. The van der Waals surface area contributed by atoms with Crippen molar-refractivity contribution >= 4 is 53.0 Å². The highest BCUT2D eigenvalue weighted by molar-refractivity contribution is 6.30. The number of carbonyl (C=O) groups is 7. The van der Waals surface area contributed by atoms with Crippen LogP contribution in [0.25, 0.3) is 22.3 Å². The van der Waals surface area contributed by atoms with E-state index in [-0.39, 0.29) is 58.4 Å². The molecule has 7 rings (SSSR count). The number of phenolic OH excluding ortho intramolecular Hbond substituents is 2. The van der Waals surface area contributed by atoms with Gasteiger partial charge in [-0.3, -0.25) is 33.6 Å². The molecule has 4 bridgehead atoms. The molecule has 2 heterocycles. The average molecular weight is 935 g/mol. The minimum absolute atomic E-state index is 0.0131. The Morgan fingerprint density at radius 1 is 0.866 bits per heavy atom. The number of phenols is 2. The Balaban J connectivity index is 1.16. The minimum Gasteiger partial charge on any atom is -0.507 e. The molecule has 0 radical (unpaired) electrons. The molecular weight excluding hydrogens is 880 g/mol. The van der Waals surface area contributed by atoms with Gasteiger partial charge in [-0.05, 0) is 129 Å². The van der Waals surface area contributed by atoms with E-state index in [2.05, 4.69) is 21.3 Å². The normalized spacial score (nSPS) is 21.9. The van der Waals surface area contributed by atoms with Gasteiger partial charge in [-0.1, -0.05) is 48.0 Å². The Labute approximate surface area is 392 Å². The molecule has 352 valence electrons. The van der Waals surface area contributed by atoms with Crippen LogP contribution in [0.4, 0.5) is 0 Å². The Morgan fingerprint density at radius 3 is 2.16 bits per heavy atom. The van der Waals surface area contributed by atoms with Gasteiger partial charge in [0.15, 0.2) is 0 Å². The van der Waals surface area contributed by atoms with Crippen molar-refractivity contribution in [3.05, 3.63) is 107 Å². The van der Waals surface area contributed by atoms with Crippen LogP contribution in [0.15, 0.2) is 84.9 Å². The molecule has 17 nitrogen and oxygen atoms in total. The van der Waals surface area contributed by atoms with Gasteiger partial charge in [0.25, 0.3) is 5.91 Å². The lowest BCUT2D eigenvalue weighted by Crippen LogP contribution is -2.58. The summed E-state index contributed by atoms with van der Waals surface area (Å²) in [5, 5.41) is 33.8. The largest absolute Gasteiger partial charge is 0.507 e. The molecule has 1 saturated carbocycles. The monoisotopic (exact) mass is 934 g/mol. The van der Waals surface area contributed by atoms with Crippen LogP contribution < -0.4 is 32.7 Å². The fraction of sp³-hybridized carbons (Fsp3) is 0.367. The lowest BCUT2D eigenvalue weighted by Gasteiger charge is -2.32. The topological polar surface area (TPSA) is 267 Å². The van der Waals surface area contributed by atoms with E-state index >= 15 is 0 Å².